The lowest BCUT2D eigenvalue weighted by atomic mass is 10.1. The number of aromatic nitrogens is 2. The molecule has 2 aromatic carbocycles. The van der Waals surface area contributed by atoms with Crippen LogP contribution in [-0.4, -0.2) is 23.2 Å². The summed E-state index contributed by atoms with van der Waals surface area (Å²) in [5.41, 5.74) is 2.49. The van der Waals surface area contributed by atoms with Crippen LogP contribution in [-0.2, 0) is 11.2 Å². The minimum Gasteiger partial charge on any atom is -0.495 e. The standard InChI is InChI=1S/C19H18ClN3O3/c1-12-4-3-5-13(10-12)19-23-22-18(26-19)9-8-17(24)21-15-11-14(20)6-7-16(15)25-2/h3-7,10-11H,8-9H2,1-2H3,(H,21,24). The van der Waals surface area contributed by atoms with Gasteiger partial charge < -0.3 is 14.5 Å². The van der Waals surface area contributed by atoms with Gasteiger partial charge in [-0.15, -0.1) is 10.2 Å². The number of rotatable bonds is 6. The van der Waals surface area contributed by atoms with Gasteiger partial charge in [-0.05, 0) is 37.3 Å². The van der Waals surface area contributed by atoms with Gasteiger partial charge in [-0.3, -0.25) is 4.79 Å². The number of carbonyl (C=O) groups is 1. The zero-order chi connectivity index (χ0) is 18.5. The van der Waals surface area contributed by atoms with E-state index in [1.165, 1.54) is 7.11 Å². The molecule has 0 saturated carbocycles. The number of anilines is 1. The summed E-state index contributed by atoms with van der Waals surface area (Å²) in [4.78, 5) is 12.2. The van der Waals surface area contributed by atoms with Gasteiger partial charge in [0.05, 0.1) is 12.8 Å². The van der Waals surface area contributed by atoms with Crippen LogP contribution in [0, 0.1) is 6.92 Å². The molecular weight excluding hydrogens is 354 g/mol. The molecule has 0 atom stereocenters. The Morgan fingerprint density at radius 2 is 2.08 bits per heavy atom. The normalized spacial score (nSPS) is 10.6. The van der Waals surface area contributed by atoms with Crippen LogP contribution in [0.3, 0.4) is 0 Å². The van der Waals surface area contributed by atoms with Crippen molar-refractivity contribution >= 4 is 23.2 Å². The second kappa shape index (κ2) is 8.01. The molecule has 26 heavy (non-hydrogen) atoms. The third-order valence-electron chi connectivity index (χ3n) is 3.73. The van der Waals surface area contributed by atoms with Crippen molar-refractivity contribution in [2.45, 2.75) is 19.8 Å². The van der Waals surface area contributed by atoms with Crippen LogP contribution >= 0.6 is 11.6 Å². The SMILES string of the molecule is COc1ccc(Cl)cc1NC(=O)CCc1nnc(-c2cccc(C)c2)o1. The molecule has 1 amide bonds. The summed E-state index contributed by atoms with van der Waals surface area (Å²) in [7, 11) is 1.53. The molecule has 0 spiro atoms. The van der Waals surface area contributed by atoms with Crippen molar-refractivity contribution in [2.75, 3.05) is 12.4 Å². The third-order valence-corrected chi connectivity index (χ3v) is 3.97. The highest BCUT2D eigenvalue weighted by molar-refractivity contribution is 6.31. The number of nitrogens with one attached hydrogen (secondary N) is 1. The van der Waals surface area contributed by atoms with Crippen LogP contribution < -0.4 is 10.1 Å². The van der Waals surface area contributed by atoms with E-state index in [2.05, 4.69) is 15.5 Å². The van der Waals surface area contributed by atoms with Gasteiger partial charge in [0.15, 0.2) is 0 Å². The van der Waals surface area contributed by atoms with E-state index in [4.69, 9.17) is 20.8 Å². The summed E-state index contributed by atoms with van der Waals surface area (Å²) in [6, 6.07) is 12.8. The van der Waals surface area contributed by atoms with Crippen LogP contribution in [0.4, 0.5) is 5.69 Å². The van der Waals surface area contributed by atoms with E-state index in [1.807, 2.05) is 31.2 Å². The molecule has 1 N–H and O–H groups in total. The number of hydrogen-bond acceptors (Lipinski definition) is 5. The fourth-order valence-corrected chi connectivity index (χ4v) is 2.63. The maximum absolute atomic E-state index is 12.2. The van der Waals surface area contributed by atoms with Gasteiger partial charge in [0.2, 0.25) is 17.7 Å². The van der Waals surface area contributed by atoms with Crippen LogP contribution in [0.5, 0.6) is 5.75 Å². The smallest absolute Gasteiger partial charge is 0.247 e. The number of benzene rings is 2. The minimum absolute atomic E-state index is 0.194. The summed E-state index contributed by atoms with van der Waals surface area (Å²) in [6.45, 7) is 2.00. The van der Waals surface area contributed by atoms with Gasteiger partial charge in [0.25, 0.3) is 0 Å². The molecule has 7 heteroatoms. The molecule has 3 rings (SSSR count). The zero-order valence-electron chi connectivity index (χ0n) is 14.5. The van der Waals surface area contributed by atoms with E-state index < -0.39 is 0 Å². The van der Waals surface area contributed by atoms with E-state index in [0.717, 1.165) is 11.1 Å². The number of halogens is 1. The first kappa shape index (κ1) is 17.9. The molecule has 0 aliphatic carbocycles. The highest BCUT2D eigenvalue weighted by Gasteiger charge is 2.12. The van der Waals surface area contributed by atoms with Gasteiger partial charge in [-0.2, -0.15) is 0 Å². The number of ether oxygens (including phenoxy) is 1. The molecule has 0 aliphatic rings. The quantitative estimate of drug-likeness (QED) is 0.699. The molecule has 3 aromatic rings. The van der Waals surface area contributed by atoms with Gasteiger partial charge in [-0.25, -0.2) is 0 Å². The predicted octanol–water partition coefficient (Wildman–Crippen LogP) is 4.28. The van der Waals surface area contributed by atoms with Crippen LogP contribution in [0.1, 0.15) is 17.9 Å². The Bertz CT molecular complexity index is 924. The second-order valence-electron chi connectivity index (χ2n) is 5.76. The molecule has 0 unspecified atom stereocenters. The first-order valence-electron chi connectivity index (χ1n) is 8.08. The van der Waals surface area contributed by atoms with Crippen molar-refractivity contribution < 1.29 is 13.9 Å². The fourth-order valence-electron chi connectivity index (χ4n) is 2.46. The molecule has 0 aliphatic heterocycles. The minimum atomic E-state index is -0.194. The van der Waals surface area contributed by atoms with E-state index in [-0.39, 0.29) is 12.3 Å². The highest BCUT2D eigenvalue weighted by Crippen LogP contribution is 2.28. The second-order valence-corrected chi connectivity index (χ2v) is 6.20. The first-order chi connectivity index (χ1) is 12.5. The molecular formula is C19H18ClN3O3. The Kier molecular flexibility index (Phi) is 5.53. The summed E-state index contributed by atoms with van der Waals surface area (Å²) >= 11 is 5.96. The molecule has 0 bridgehead atoms. The number of carbonyl (C=O) groups excluding carboxylic acids is 1. The summed E-state index contributed by atoms with van der Waals surface area (Å²) < 4.78 is 10.9. The summed E-state index contributed by atoms with van der Waals surface area (Å²) in [6.07, 6.45) is 0.540. The third kappa shape index (κ3) is 4.40. The average Bonchev–Trinajstić information content (AvgIpc) is 3.09. The predicted molar refractivity (Wildman–Crippen MR) is 99.4 cm³/mol. The number of amides is 1. The lowest BCUT2D eigenvalue weighted by molar-refractivity contribution is -0.116. The van der Waals surface area contributed by atoms with Crippen molar-refractivity contribution in [3.8, 4) is 17.2 Å². The Hall–Kier alpha value is -2.86. The maximum atomic E-state index is 12.2. The number of hydrogen-bond donors (Lipinski definition) is 1. The van der Waals surface area contributed by atoms with E-state index >= 15 is 0 Å². The molecule has 1 heterocycles. The molecule has 134 valence electrons. The first-order valence-corrected chi connectivity index (χ1v) is 8.46. The maximum Gasteiger partial charge on any atom is 0.247 e. The molecule has 0 radical (unpaired) electrons. The molecule has 0 saturated heterocycles. The van der Waals surface area contributed by atoms with Crippen molar-refractivity contribution in [2.24, 2.45) is 0 Å². The van der Waals surface area contributed by atoms with E-state index in [1.54, 1.807) is 18.2 Å². The molecule has 6 nitrogen and oxygen atoms in total. The summed E-state index contributed by atoms with van der Waals surface area (Å²) in [5.74, 6) is 1.21. The van der Waals surface area contributed by atoms with Gasteiger partial charge in [-0.1, -0.05) is 29.3 Å². The Balaban J connectivity index is 1.61. The highest BCUT2D eigenvalue weighted by atomic mass is 35.5. The number of nitrogens with zero attached hydrogens (tertiary/aromatic N) is 2. The van der Waals surface area contributed by atoms with E-state index in [9.17, 15) is 4.79 Å². The Morgan fingerprint density at radius 3 is 2.85 bits per heavy atom. The monoisotopic (exact) mass is 371 g/mol. The van der Waals surface area contributed by atoms with E-state index in [0.29, 0.717) is 34.7 Å². The average molecular weight is 372 g/mol. The number of aryl methyl sites for hydroxylation is 2. The van der Waals surface area contributed by atoms with Crippen molar-refractivity contribution in [3.63, 3.8) is 0 Å². The van der Waals surface area contributed by atoms with Crippen LogP contribution in [0.25, 0.3) is 11.5 Å². The van der Waals surface area contributed by atoms with Crippen LogP contribution in [0.2, 0.25) is 5.02 Å². The number of methoxy groups -OCH3 is 1. The molecule has 1 aromatic heterocycles. The lowest BCUT2D eigenvalue weighted by Gasteiger charge is -2.10. The van der Waals surface area contributed by atoms with Gasteiger partial charge in [0, 0.05) is 23.4 Å². The largest absolute Gasteiger partial charge is 0.495 e. The Morgan fingerprint density at radius 1 is 1.23 bits per heavy atom. The van der Waals surface area contributed by atoms with Crippen molar-refractivity contribution in [1.29, 1.82) is 0 Å². The zero-order valence-corrected chi connectivity index (χ0v) is 15.2. The topological polar surface area (TPSA) is 77.2 Å². The van der Waals surface area contributed by atoms with Gasteiger partial charge in [0.1, 0.15) is 5.75 Å². The van der Waals surface area contributed by atoms with Gasteiger partial charge >= 0.3 is 0 Å². The van der Waals surface area contributed by atoms with Crippen molar-refractivity contribution in [3.05, 3.63) is 58.9 Å². The van der Waals surface area contributed by atoms with Crippen LogP contribution in [0.15, 0.2) is 46.9 Å². The molecule has 0 fully saturated rings. The Labute approximate surface area is 156 Å². The van der Waals surface area contributed by atoms with Crippen molar-refractivity contribution in [1.82, 2.24) is 10.2 Å². The fraction of sp³-hybridized carbons (Fsp3) is 0.211. The lowest BCUT2D eigenvalue weighted by Crippen LogP contribution is -2.13. The summed E-state index contributed by atoms with van der Waals surface area (Å²) in [5, 5.41) is 11.3.